The molecule has 1 amide bonds. The summed E-state index contributed by atoms with van der Waals surface area (Å²) >= 11 is 12.3. The van der Waals surface area contributed by atoms with Gasteiger partial charge in [-0.25, -0.2) is 22.0 Å². The quantitative estimate of drug-likeness (QED) is 0.202. The Morgan fingerprint density at radius 2 is 1.62 bits per heavy atom. The number of hydrogen-bond donors (Lipinski definition) is 0. The number of amides is 1. The van der Waals surface area contributed by atoms with E-state index in [1.165, 1.54) is 25.1 Å². The summed E-state index contributed by atoms with van der Waals surface area (Å²) in [6.07, 6.45) is 1.66. The Labute approximate surface area is 189 Å². The van der Waals surface area contributed by atoms with Crippen LogP contribution in [0.25, 0.3) is 6.08 Å². The van der Waals surface area contributed by atoms with Gasteiger partial charge in [-0.05, 0) is 38.5 Å². The van der Waals surface area contributed by atoms with Crippen LogP contribution in [0.1, 0.15) is 32.8 Å². The molecule has 0 fully saturated rings. The van der Waals surface area contributed by atoms with Crippen LogP contribution in [0.2, 0.25) is 10.0 Å². The predicted octanol–water partition coefficient (Wildman–Crippen LogP) is 6.67. The molecule has 0 saturated heterocycles. The van der Waals surface area contributed by atoms with E-state index < -0.39 is 40.7 Å². The Bertz CT molecular complexity index is 1150. The van der Waals surface area contributed by atoms with Gasteiger partial charge in [-0.15, -0.1) is 0 Å². The molecule has 32 heavy (non-hydrogen) atoms. The Balaban J connectivity index is 2.12. The third-order valence-corrected chi connectivity index (χ3v) is 5.19. The lowest BCUT2D eigenvalue weighted by atomic mass is 10.1. The number of nitrogens with zero attached hydrogens (tertiary/aromatic N) is 2. The lowest BCUT2D eigenvalue weighted by Crippen LogP contribution is -2.25. The van der Waals surface area contributed by atoms with Crippen LogP contribution in [0.3, 0.4) is 0 Å². The molecule has 0 bridgehead atoms. The third kappa shape index (κ3) is 4.19. The summed E-state index contributed by atoms with van der Waals surface area (Å²) in [4.78, 5) is 12.9. The van der Waals surface area contributed by atoms with E-state index in [-0.39, 0.29) is 43.8 Å². The van der Waals surface area contributed by atoms with Crippen molar-refractivity contribution in [3.8, 4) is 5.75 Å². The zero-order valence-corrected chi connectivity index (χ0v) is 18.4. The first-order valence-electron chi connectivity index (χ1n) is 9.26. The Kier molecular flexibility index (Phi) is 6.80. The van der Waals surface area contributed by atoms with Gasteiger partial charge in [0.25, 0.3) is 5.91 Å². The molecule has 0 spiro atoms. The molecule has 0 saturated carbocycles. The molecule has 0 radical (unpaired) electrons. The van der Waals surface area contributed by atoms with E-state index in [0.29, 0.717) is 6.42 Å². The fraction of sp³-hybridized carbons (Fsp3) is 0.238. The minimum atomic E-state index is -2.34. The van der Waals surface area contributed by atoms with Crippen LogP contribution in [0.15, 0.2) is 22.8 Å². The summed E-state index contributed by atoms with van der Waals surface area (Å²) in [5.41, 5.74) is -1.43. The zero-order valence-electron chi connectivity index (χ0n) is 16.9. The molecule has 2 aromatic rings. The minimum Gasteiger partial charge on any atom is -0.489 e. The van der Waals surface area contributed by atoms with E-state index in [4.69, 9.17) is 27.9 Å². The molecule has 2 aromatic carbocycles. The van der Waals surface area contributed by atoms with E-state index in [1.807, 2.05) is 6.92 Å². The van der Waals surface area contributed by atoms with Crippen LogP contribution in [-0.4, -0.2) is 17.7 Å². The van der Waals surface area contributed by atoms with Gasteiger partial charge in [0, 0.05) is 10.6 Å². The molecule has 1 aliphatic rings. The molecule has 0 aliphatic carbocycles. The summed E-state index contributed by atoms with van der Waals surface area (Å²) < 4.78 is 74.8. The standard InChI is InChI=1S/C21H15Cl2F5N2O2/c1-4-8(2)32-20-10(5-11(22)7-13(20)23)6-12-9(3)29-30(21(12)31)19-17(27)15(25)14(24)16(26)18(19)28/h5-8H,4H2,1-3H3/b12-6-/t8-/m0/s1. The van der Waals surface area contributed by atoms with Gasteiger partial charge in [0.2, 0.25) is 5.82 Å². The van der Waals surface area contributed by atoms with Gasteiger partial charge in [-0.2, -0.15) is 10.1 Å². The molecule has 4 nitrogen and oxygen atoms in total. The van der Waals surface area contributed by atoms with Crippen LogP contribution in [0.4, 0.5) is 27.6 Å². The predicted molar refractivity (Wildman–Crippen MR) is 112 cm³/mol. The van der Waals surface area contributed by atoms with Crippen molar-refractivity contribution in [2.75, 3.05) is 5.01 Å². The molecule has 0 aromatic heterocycles. The van der Waals surface area contributed by atoms with E-state index in [2.05, 4.69) is 5.10 Å². The smallest absolute Gasteiger partial charge is 0.280 e. The summed E-state index contributed by atoms with van der Waals surface area (Å²) in [6, 6.07) is 2.88. The van der Waals surface area contributed by atoms with Gasteiger partial charge >= 0.3 is 0 Å². The van der Waals surface area contributed by atoms with Crippen molar-refractivity contribution in [2.45, 2.75) is 33.3 Å². The summed E-state index contributed by atoms with van der Waals surface area (Å²) in [7, 11) is 0. The van der Waals surface area contributed by atoms with Crippen molar-refractivity contribution in [3.63, 3.8) is 0 Å². The highest BCUT2D eigenvalue weighted by Gasteiger charge is 2.37. The van der Waals surface area contributed by atoms with Crippen LogP contribution < -0.4 is 9.75 Å². The Hall–Kier alpha value is -2.65. The van der Waals surface area contributed by atoms with E-state index >= 15 is 0 Å². The van der Waals surface area contributed by atoms with Crippen molar-refractivity contribution in [1.29, 1.82) is 0 Å². The SMILES string of the molecule is CC[C@H](C)Oc1c(Cl)cc(Cl)cc1/C=C1\C(=O)N(c2c(F)c(F)c(F)c(F)c2F)N=C1C. The normalized spacial score (nSPS) is 16.1. The average molecular weight is 493 g/mol. The lowest BCUT2D eigenvalue weighted by Gasteiger charge is -2.17. The van der Waals surface area contributed by atoms with Gasteiger partial charge in [-0.1, -0.05) is 30.1 Å². The number of ether oxygens (including phenoxy) is 1. The van der Waals surface area contributed by atoms with Crippen molar-refractivity contribution >= 4 is 46.6 Å². The Morgan fingerprint density at radius 1 is 1.06 bits per heavy atom. The molecule has 1 atom stereocenters. The van der Waals surface area contributed by atoms with Gasteiger partial charge in [0.05, 0.1) is 22.4 Å². The molecule has 0 N–H and O–H groups in total. The summed E-state index contributed by atoms with van der Waals surface area (Å²) in [5.74, 6) is -12.0. The molecule has 170 valence electrons. The first-order chi connectivity index (χ1) is 15.0. The fourth-order valence-corrected chi connectivity index (χ4v) is 3.42. The Morgan fingerprint density at radius 3 is 2.19 bits per heavy atom. The summed E-state index contributed by atoms with van der Waals surface area (Å²) in [5, 5.41) is 4.19. The lowest BCUT2D eigenvalue weighted by molar-refractivity contribution is -0.114. The highest BCUT2D eigenvalue weighted by atomic mass is 35.5. The molecular formula is C21H15Cl2F5N2O2. The van der Waals surface area contributed by atoms with Crippen molar-refractivity contribution < 1.29 is 31.5 Å². The fourth-order valence-electron chi connectivity index (χ4n) is 2.87. The molecule has 0 unspecified atom stereocenters. The number of hydrogen-bond acceptors (Lipinski definition) is 3. The molecule has 1 heterocycles. The van der Waals surface area contributed by atoms with Gasteiger partial charge in [-0.3, -0.25) is 4.79 Å². The number of carbonyl (C=O) groups is 1. The maximum atomic E-state index is 14.2. The van der Waals surface area contributed by atoms with Crippen LogP contribution in [0, 0.1) is 29.1 Å². The van der Waals surface area contributed by atoms with Gasteiger partial charge < -0.3 is 4.74 Å². The highest BCUT2D eigenvalue weighted by molar-refractivity contribution is 6.36. The second-order valence-electron chi connectivity index (χ2n) is 6.92. The molecule has 11 heteroatoms. The van der Waals surface area contributed by atoms with Gasteiger partial charge in [0.15, 0.2) is 23.3 Å². The number of rotatable bonds is 5. The molecule has 3 rings (SSSR count). The van der Waals surface area contributed by atoms with E-state index in [1.54, 1.807) is 6.92 Å². The first kappa shape index (κ1) is 24.0. The van der Waals surface area contributed by atoms with Gasteiger partial charge in [0.1, 0.15) is 11.4 Å². The number of halogens is 7. The number of anilines is 1. The maximum absolute atomic E-state index is 14.2. The minimum absolute atomic E-state index is 0.0375. The zero-order chi connectivity index (χ0) is 23.9. The number of hydrazone groups is 1. The van der Waals surface area contributed by atoms with Crippen molar-refractivity contribution in [3.05, 3.63) is 62.4 Å². The topological polar surface area (TPSA) is 41.9 Å². The second kappa shape index (κ2) is 9.07. The maximum Gasteiger partial charge on any atom is 0.280 e. The highest BCUT2D eigenvalue weighted by Crippen LogP contribution is 2.37. The third-order valence-electron chi connectivity index (χ3n) is 4.69. The van der Waals surface area contributed by atoms with Crippen LogP contribution in [0.5, 0.6) is 5.75 Å². The number of carbonyl (C=O) groups excluding carboxylic acids is 1. The van der Waals surface area contributed by atoms with Crippen LogP contribution >= 0.6 is 23.2 Å². The molecule has 1 aliphatic heterocycles. The molecular weight excluding hydrogens is 478 g/mol. The van der Waals surface area contributed by atoms with Crippen molar-refractivity contribution in [1.82, 2.24) is 0 Å². The second-order valence-corrected chi connectivity index (χ2v) is 7.77. The van der Waals surface area contributed by atoms with E-state index in [9.17, 15) is 26.7 Å². The van der Waals surface area contributed by atoms with Crippen molar-refractivity contribution in [2.24, 2.45) is 5.10 Å². The largest absolute Gasteiger partial charge is 0.489 e. The monoisotopic (exact) mass is 492 g/mol. The number of benzene rings is 2. The average Bonchev–Trinajstić information content (AvgIpc) is 3.01. The summed E-state index contributed by atoms with van der Waals surface area (Å²) in [6.45, 7) is 5.00. The first-order valence-corrected chi connectivity index (χ1v) is 10.0. The van der Waals surface area contributed by atoms with E-state index in [0.717, 1.165) is 0 Å². The van der Waals surface area contributed by atoms with Crippen LogP contribution in [-0.2, 0) is 4.79 Å².